The Labute approximate surface area is 120 Å². The number of hydrogen-bond donors (Lipinski definition) is 0. The second-order valence-corrected chi connectivity index (χ2v) is 6.17. The number of nitrogens with zero attached hydrogens (tertiary/aromatic N) is 3. The van der Waals surface area contributed by atoms with Gasteiger partial charge in [-0.1, -0.05) is 6.42 Å². The van der Waals surface area contributed by atoms with Crippen molar-refractivity contribution in [1.29, 1.82) is 0 Å². The van der Waals surface area contributed by atoms with Crippen molar-refractivity contribution in [2.24, 2.45) is 18.4 Å². The highest BCUT2D eigenvalue weighted by Gasteiger charge is 2.58. The molecule has 1 atom stereocenters. The molecule has 0 radical (unpaired) electrons. The van der Waals surface area contributed by atoms with E-state index in [0.717, 1.165) is 6.42 Å². The Balaban J connectivity index is 1.80. The molecule has 1 amide bonds. The zero-order valence-corrected chi connectivity index (χ0v) is 11.9. The van der Waals surface area contributed by atoms with Crippen LogP contribution in [0, 0.1) is 11.3 Å². The number of amides is 1. The quantitative estimate of drug-likeness (QED) is 0.799. The molecule has 2 heterocycles. The van der Waals surface area contributed by atoms with Gasteiger partial charge >= 0.3 is 6.18 Å². The summed E-state index contributed by atoms with van der Waals surface area (Å²) in [6.07, 6.45) is -0.691. The number of hydrogen-bond acceptors (Lipinski definition) is 2. The Bertz CT molecular complexity index is 548. The normalized spacial score (nSPS) is 25.0. The molecule has 1 saturated carbocycles. The number of likely N-dealkylation sites (tertiary alicyclic amines) is 1. The first-order chi connectivity index (χ1) is 9.83. The number of halogens is 3. The van der Waals surface area contributed by atoms with Gasteiger partial charge in [0.25, 0.3) is 5.91 Å². The summed E-state index contributed by atoms with van der Waals surface area (Å²) in [6.45, 7) is 0.372. The Morgan fingerprint density at radius 1 is 1.43 bits per heavy atom. The van der Waals surface area contributed by atoms with Crippen LogP contribution < -0.4 is 0 Å². The number of carbonyl (C=O) groups excluding carboxylic acids is 1. The van der Waals surface area contributed by atoms with Crippen LogP contribution in [0.4, 0.5) is 13.2 Å². The topological polar surface area (TPSA) is 38.1 Å². The lowest BCUT2D eigenvalue weighted by Gasteiger charge is -2.54. The van der Waals surface area contributed by atoms with Crippen molar-refractivity contribution in [2.45, 2.75) is 31.9 Å². The summed E-state index contributed by atoms with van der Waals surface area (Å²) in [5, 5.41) is 3.95. The lowest BCUT2D eigenvalue weighted by Crippen LogP contribution is -2.57. The van der Waals surface area contributed by atoms with Gasteiger partial charge in [-0.05, 0) is 30.7 Å². The van der Waals surface area contributed by atoms with Crippen LogP contribution in [-0.4, -0.2) is 39.9 Å². The smallest absolute Gasteiger partial charge is 0.337 e. The van der Waals surface area contributed by atoms with Crippen LogP contribution in [0.25, 0.3) is 0 Å². The van der Waals surface area contributed by atoms with Gasteiger partial charge in [-0.3, -0.25) is 9.48 Å². The summed E-state index contributed by atoms with van der Waals surface area (Å²) in [4.78, 5) is 14.0. The third kappa shape index (κ3) is 2.32. The van der Waals surface area contributed by atoms with Crippen LogP contribution in [0.5, 0.6) is 0 Å². The van der Waals surface area contributed by atoms with E-state index in [1.54, 1.807) is 18.0 Å². The zero-order valence-electron chi connectivity index (χ0n) is 11.9. The predicted octanol–water partition coefficient (Wildman–Crippen LogP) is 2.61. The van der Waals surface area contributed by atoms with Crippen molar-refractivity contribution in [3.63, 3.8) is 0 Å². The maximum absolute atomic E-state index is 13.2. The van der Waals surface area contributed by atoms with Crippen molar-refractivity contribution < 1.29 is 18.0 Å². The van der Waals surface area contributed by atoms with E-state index in [4.69, 9.17) is 0 Å². The van der Waals surface area contributed by atoms with Gasteiger partial charge < -0.3 is 4.90 Å². The molecule has 0 bridgehead atoms. The summed E-state index contributed by atoms with van der Waals surface area (Å²) in [7, 11) is 1.66. The third-order valence-electron chi connectivity index (χ3n) is 5.00. The number of alkyl halides is 3. The minimum Gasteiger partial charge on any atom is -0.337 e. The van der Waals surface area contributed by atoms with Crippen LogP contribution in [0.15, 0.2) is 12.3 Å². The van der Waals surface area contributed by atoms with Gasteiger partial charge in [-0.15, -0.1) is 0 Å². The average molecular weight is 301 g/mol. The molecule has 0 N–H and O–H groups in total. The fourth-order valence-electron chi connectivity index (χ4n) is 3.73. The molecule has 1 aliphatic carbocycles. The molecule has 2 aliphatic rings. The highest BCUT2D eigenvalue weighted by atomic mass is 19.4. The first kappa shape index (κ1) is 14.4. The third-order valence-corrected chi connectivity index (χ3v) is 5.00. The van der Waals surface area contributed by atoms with E-state index in [-0.39, 0.29) is 25.4 Å². The van der Waals surface area contributed by atoms with Crippen molar-refractivity contribution in [3.8, 4) is 0 Å². The predicted molar refractivity (Wildman–Crippen MR) is 69.6 cm³/mol. The summed E-state index contributed by atoms with van der Waals surface area (Å²) in [6, 6.07) is 1.60. The fourth-order valence-corrected chi connectivity index (χ4v) is 3.73. The number of rotatable bonds is 1. The minimum absolute atomic E-state index is 0.00704. The molecule has 2 fully saturated rings. The summed E-state index contributed by atoms with van der Waals surface area (Å²) >= 11 is 0. The highest BCUT2D eigenvalue weighted by Crippen LogP contribution is 2.56. The molecular formula is C14H18F3N3O. The lowest BCUT2D eigenvalue weighted by molar-refractivity contribution is -0.235. The molecule has 0 aromatic carbocycles. The van der Waals surface area contributed by atoms with E-state index in [1.165, 1.54) is 10.9 Å². The Hall–Kier alpha value is -1.53. The van der Waals surface area contributed by atoms with Gasteiger partial charge in [-0.2, -0.15) is 18.3 Å². The van der Waals surface area contributed by atoms with E-state index >= 15 is 0 Å². The van der Waals surface area contributed by atoms with Crippen molar-refractivity contribution in [2.75, 3.05) is 13.1 Å². The maximum atomic E-state index is 13.2. The standard InChI is InChI=1S/C14H18F3N3O/c1-19-10(3-7-18-19)12(21)20-8-4-11(14(15,16)17)13(9-20)5-2-6-13/h3,7,11H,2,4-6,8-9H2,1H3/t11-/m0/s1. The first-order valence-electron chi connectivity index (χ1n) is 7.17. The van der Waals surface area contributed by atoms with E-state index < -0.39 is 17.5 Å². The number of carbonyl (C=O) groups is 1. The van der Waals surface area contributed by atoms with Crippen LogP contribution in [-0.2, 0) is 7.05 Å². The molecule has 1 saturated heterocycles. The van der Waals surface area contributed by atoms with Crippen LogP contribution in [0.2, 0.25) is 0 Å². The van der Waals surface area contributed by atoms with Gasteiger partial charge in [0, 0.05) is 26.3 Å². The number of piperidine rings is 1. The van der Waals surface area contributed by atoms with Crippen LogP contribution in [0.1, 0.15) is 36.2 Å². The molecule has 0 unspecified atom stereocenters. The summed E-state index contributed by atoms with van der Waals surface area (Å²) in [5.41, 5.74) is -0.333. The molecule has 1 aromatic rings. The minimum atomic E-state index is -4.16. The molecule has 1 aromatic heterocycles. The van der Waals surface area contributed by atoms with E-state index in [1.807, 2.05) is 0 Å². The molecular weight excluding hydrogens is 283 g/mol. The van der Waals surface area contributed by atoms with Gasteiger partial charge in [0.1, 0.15) is 5.69 Å². The summed E-state index contributed by atoms with van der Waals surface area (Å²) < 4.78 is 41.1. The Morgan fingerprint density at radius 3 is 2.62 bits per heavy atom. The SMILES string of the molecule is Cn1nccc1C(=O)N1CC[C@H](C(F)(F)F)C2(CCC2)C1. The van der Waals surface area contributed by atoms with Crippen LogP contribution in [0.3, 0.4) is 0 Å². The van der Waals surface area contributed by atoms with Gasteiger partial charge in [0.15, 0.2) is 0 Å². The maximum Gasteiger partial charge on any atom is 0.392 e. The van der Waals surface area contributed by atoms with E-state index in [9.17, 15) is 18.0 Å². The monoisotopic (exact) mass is 301 g/mol. The largest absolute Gasteiger partial charge is 0.392 e. The van der Waals surface area contributed by atoms with Crippen molar-refractivity contribution in [1.82, 2.24) is 14.7 Å². The Morgan fingerprint density at radius 2 is 2.14 bits per heavy atom. The van der Waals surface area contributed by atoms with Crippen LogP contribution >= 0.6 is 0 Å². The lowest BCUT2D eigenvalue weighted by atomic mass is 9.58. The average Bonchev–Trinajstić information content (AvgIpc) is 2.80. The molecule has 3 rings (SSSR count). The fraction of sp³-hybridized carbons (Fsp3) is 0.714. The molecule has 21 heavy (non-hydrogen) atoms. The van der Waals surface area contributed by atoms with E-state index in [2.05, 4.69) is 5.10 Å². The Kier molecular flexibility index (Phi) is 3.26. The van der Waals surface area contributed by atoms with Crippen molar-refractivity contribution >= 4 is 5.91 Å². The summed E-state index contributed by atoms with van der Waals surface area (Å²) in [5.74, 6) is -1.49. The zero-order chi connectivity index (χ0) is 15.3. The number of aromatic nitrogens is 2. The van der Waals surface area contributed by atoms with Gasteiger partial charge in [0.05, 0.1) is 5.92 Å². The number of aryl methyl sites for hydroxylation is 1. The second kappa shape index (κ2) is 4.74. The van der Waals surface area contributed by atoms with Crippen molar-refractivity contribution in [3.05, 3.63) is 18.0 Å². The molecule has 1 spiro atoms. The molecule has 1 aliphatic heterocycles. The molecule has 4 nitrogen and oxygen atoms in total. The highest BCUT2D eigenvalue weighted by molar-refractivity contribution is 5.92. The second-order valence-electron chi connectivity index (χ2n) is 6.17. The van der Waals surface area contributed by atoms with Gasteiger partial charge in [0.2, 0.25) is 0 Å². The van der Waals surface area contributed by atoms with E-state index in [0.29, 0.717) is 18.5 Å². The first-order valence-corrected chi connectivity index (χ1v) is 7.17. The van der Waals surface area contributed by atoms with Gasteiger partial charge in [-0.25, -0.2) is 0 Å². The molecule has 7 heteroatoms. The molecule has 116 valence electrons.